The first-order valence-electron chi connectivity index (χ1n) is 6.53. The number of hydrogen-bond acceptors (Lipinski definition) is 4. The van der Waals surface area contributed by atoms with Gasteiger partial charge in [0.15, 0.2) is 11.2 Å². The molecule has 0 fully saturated rings. The molecule has 0 bridgehead atoms. The number of aryl methyl sites for hydroxylation is 1. The minimum atomic E-state index is -0.421. The minimum Gasteiger partial charge on any atom is -0.279 e. The first-order valence-corrected chi connectivity index (χ1v) is 6.53. The van der Waals surface area contributed by atoms with Crippen LogP contribution in [0.2, 0.25) is 0 Å². The summed E-state index contributed by atoms with van der Waals surface area (Å²) in [6, 6.07) is 9.83. The van der Waals surface area contributed by atoms with Crippen molar-refractivity contribution in [1.82, 2.24) is 19.1 Å². The van der Waals surface area contributed by atoms with E-state index in [1.807, 2.05) is 30.3 Å². The van der Waals surface area contributed by atoms with Crippen molar-refractivity contribution >= 4 is 11.2 Å². The molecular formula is C15H14N4O2. The molecule has 106 valence electrons. The Morgan fingerprint density at radius 2 is 1.76 bits per heavy atom. The van der Waals surface area contributed by atoms with E-state index in [4.69, 9.17) is 0 Å². The lowest BCUT2D eigenvalue weighted by atomic mass is 10.1. The molecule has 21 heavy (non-hydrogen) atoms. The molecule has 0 spiro atoms. The summed E-state index contributed by atoms with van der Waals surface area (Å²) in [7, 11) is 3.02. The second-order valence-electron chi connectivity index (χ2n) is 4.90. The van der Waals surface area contributed by atoms with E-state index < -0.39 is 11.2 Å². The van der Waals surface area contributed by atoms with Crippen molar-refractivity contribution in [3.05, 3.63) is 68.6 Å². The Morgan fingerprint density at radius 1 is 1.05 bits per heavy atom. The van der Waals surface area contributed by atoms with E-state index in [9.17, 15) is 9.59 Å². The van der Waals surface area contributed by atoms with Crippen LogP contribution in [0.4, 0.5) is 0 Å². The highest BCUT2D eigenvalue weighted by atomic mass is 16.2. The van der Waals surface area contributed by atoms with Crippen LogP contribution in [-0.2, 0) is 20.5 Å². The molecule has 2 aromatic heterocycles. The molecule has 0 saturated heterocycles. The fourth-order valence-electron chi connectivity index (χ4n) is 2.26. The maximum atomic E-state index is 12.2. The van der Waals surface area contributed by atoms with Gasteiger partial charge in [-0.2, -0.15) is 0 Å². The fourth-order valence-corrected chi connectivity index (χ4v) is 2.26. The lowest BCUT2D eigenvalue weighted by Gasteiger charge is -2.07. The number of aromatic nitrogens is 4. The van der Waals surface area contributed by atoms with E-state index in [1.54, 1.807) is 13.2 Å². The van der Waals surface area contributed by atoms with Crippen LogP contribution < -0.4 is 11.2 Å². The van der Waals surface area contributed by atoms with Gasteiger partial charge in [0.1, 0.15) is 0 Å². The average Bonchev–Trinajstić information content (AvgIpc) is 2.52. The van der Waals surface area contributed by atoms with Crippen molar-refractivity contribution in [2.24, 2.45) is 14.1 Å². The Labute approximate surface area is 120 Å². The van der Waals surface area contributed by atoms with Gasteiger partial charge in [0.05, 0.1) is 11.9 Å². The van der Waals surface area contributed by atoms with Gasteiger partial charge in [-0.1, -0.05) is 30.3 Å². The molecule has 0 saturated carbocycles. The van der Waals surface area contributed by atoms with Gasteiger partial charge in [-0.25, -0.2) is 14.8 Å². The van der Waals surface area contributed by atoms with Crippen LogP contribution in [0, 0.1) is 0 Å². The summed E-state index contributed by atoms with van der Waals surface area (Å²) >= 11 is 0. The summed E-state index contributed by atoms with van der Waals surface area (Å²) in [6.45, 7) is 0. The molecule has 0 amide bonds. The van der Waals surface area contributed by atoms with Gasteiger partial charge in [-0.3, -0.25) is 13.9 Å². The first kappa shape index (κ1) is 13.2. The number of rotatable bonds is 2. The van der Waals surface area contributed by atoms with Gasteiger partial charge in [-0.15, -0.1) is 0 Å². The minimum absolute atomic E-state index is 0.216. The van der Waals surface area contributed by atoms with Crippen molar-refractivity contribution in [1.29, 1.82) is 0 Å². The van der Waals surface area contributed by atoms with Gasteiger partial charge in [0.2, 0.25) is 0 Å². The van der Waals surface area contributed by atoms with Crippen molar-refractivity contribution in [2.45, 2.75) is 6.42 Å². The number of nitrogens with zero attached hydrogens (tertiary/aromatic N) is 4. The molecule has 0 aliphatic carbocycles. The fraction of sp³-hybridized carbons (Fsp3) is 0.200. The van der Waals surface area contributed by atoms with Crippen molar-refractivity contribution in [3.63, 3.8) is 0 Å². The largest absolute Gasteiger partial charge is 0.332 e. The van der Waals surface area contributed by atoms with Crippen molar-refractivity contribution in [3.8, 4) is 0 Å². The zero-order valence-electron chi connectivity index (χ0n) is 11.8. The van der Waals surface area contributed by atoms with Gasteiger partial charge >= 0.3 is 5.69 Å². The van der Waals surface area contributed by atoms with Crippen LogP contribution in [0.1, 0.15) is 11.3 Å². The molecule has 3 rings (SSSR count). The number of hydrogen-bond donors (Lipinski definition) is 0. The molecule has 0 atom stereocenters. The van der Waals surface area contributed by atoms with E-state index in [0.717, 1.165) is 10.1 Å². The lowest BCUT2D eigenvalue weighted by Crippen LogP contribution is -2.37. The zero-order chi connectivity index (χ0) is 15.0. The quantitative estimate of drug-likeness (QED) is 0.691. The van der Waals surface area contributed by atoms with E-state index >= 15 is 0 Å². The van der Waals surface area contributed by atoms with Gasteiger partial charge in [0, 0.05) is 20.5 Å². The third-order valence-electron chi connectivity index (χ3n) is 3.43. The Balaban J connectivity index is 2.17. The Morgan fingerprint density at radius 3 is 2.48 bits per heavy atom. The molecule has 6 heteroatoms. The third-order valence-corrected chi connectivity index (χ3v) is 3.43. The van der Waals surface area contributed by atoms with E-state index in [0.29, 0.717) is 17.8 Å². The maximum Gasteiger partial charge on any atom is 0.332 e. The highest BCUT2D eigenvalue weighted by Crippen LogP contribution is 2.08. The van der Waals surface area contributed by atoms with E-state index in [1.165, 1.54) is 11.6 Å². The molecule has 0 radical (unpaired) electrons. The standard InChI is InChI=1S/C15H14N4O2/c1-18-13-12(14(20)19(2)15(18)21)17-11(9-16-13)8-10-6-4-3-5-7-10/h3-7,9H,8H2,1-2H3. The number of benzene rings is 1. The Hall–Kier alpha value is -2.76. The molecule has 2 heterocycles. The van der Waals surface area contributed by atoms with Crippen LogP contribution in [0.15, 0.2) is 46.1 Å². The molecular weight excluding hydrogens is 268 g/mol. The predicted octanol–water partition coefficient (Wildman–Crippen LogP) is 0.618. The van der Waals surface area contributed by atoms with E-state index in [-0.39, 0.29) is 5.52 Å². The summed E-state index contributed by atoms with van der Waals surface area (Å²) in [5.41, 5.74) is 1.48. The predicted molar refractivity (Wildman–Crippen MR) is 79.3 cm³/mol. The Kier molecular flexibility index (Phi) is 3.13. The normalized spacial score (nSPS) is 11.0. The van der Waals surface area contributed by atoms with E-state index in [2.05, 4.69) is 9.97 Å². The molecule has 1 aromatic carbocycles. The Bertz CT molecular complexity index is 926. The van der Waals surface area contributed by atoms with Crippen LogP contribution in [-0.4, -0.2) is 19.1 Å². The molecule has 3 aromatic rings. The van der Waals surface area contributed by atoms with Crippen LogP contribution in [0.3, 0.4) is 0 Å². The molecule has 6 nitrogen and oxygen atoms in total. The summed E-state index contributed by atoms with van der Waals surface area (Å²) in [6.07, 6.45) is 2.20. The first-order chi connectivity index (χ1) is 10.1. The smallest absolute Gasteiger partial charge is 0.279 e. The lowest BCUT2D eigenvalue weighted by molar-refractivity contribution is 0.703. The summed E-state index contributed by atoms with van der Waals surface area (Å²) in [5.74, 6) is 0. The van der Waals surface area contributed by atoms with Gasteiger partial charge < -0.3 is 0 Å². The number of fused-ring (bicyclic) bond motifs is 1. The van der Waals surface area contributed by atoms with Gasteiger partial charge in [0.25, 0.3) is 5.56 Å². The van der Waals surface area contributed by atoms with Crippen LogP contribution in [0.5, 0.6) is 0 Å². The average molecular weight is 282 g/mol. The second-order valence-corrected chi connectivity index (χ2v) is 4.90. The second kappa shape index (κ2) is 4.97. The highest BCUT2D eigenvalue weighted by Gasteiger charge is 2.11. The topological polar surface area (TPSA) is 69.8 Å². The molecule has 0 aliphatic rings. The molecule has 0 N–H and O–H groups in total. The molecule has 0 unspecified atom stereocenters. The van der Waals surface area contributed by atoms with Crippen LogP contribution in [0.25, 0.3) is 11.2 Å². The van der Waals surface area contributed by atoms with Crippen LogP contribution >= 0.6 is 0 Å². The maximum absolute atomic E-state index is 12.2. The highest BCUT2D eigenvalue weighted by molar-refractivity contribution is 5.68. The molecule has 0 aliphatic heterocycles. The van der Waals surface area contributed by atoms with Crippen molar-refractivity contribution < 1.29 is 0 Å². The van der Waals surface area contributed by atoms with Crippen molar-refractivity contribution in [2.75, 3.05) is 0 Å². The van der Waals surface area contributed by atoms with Gasteiger partial charge in [-0.05, 0) is 5.56 Å². The summed E-state index contributed by atoms with van der Waals surface area (Å²) < 4.78 is 2.37. The SMILES string of the molecule is Cn1c(=O)c2nc(Cc3ccccc3)cnc2n(C)c1=O. The zero-order valence-corrected chi connectivity index (χ0v) is 11.8. The summed E-state index contributed by atoms with van der Waals surface area (Å²) in [5, 5.41) is 0. The summed E-state index contributed by atoms with van der Waals surface area (Å²) in [4.78, 5) is 32.6. The third kappa shape index (κ3) is 2.24. The monoisotopic (exact) mass is 282 g/mol.